The van der Waals surface area contributed by atoms with Crippen molar-refractivity contribution in [2.75, 3.05) is 0 Å². The van der Waals surface area contributed by atoms with Crippen molar-refractivity contribution in [2.24, 2.45) is 0 Å². The molecule has 0 saturated heterocycles. The summed E-state index contributed by atoms with van der Waals surface area (Å²) in [6.07, 6.45) is 2.45. The standard InChI is InChI=1S/C7H11N3S/c1-5-8-9-6(11)10(5)7(2)3-4-7/h3-4H2,1-2H3,(H,9,11). The predicted octanol–water partition coefficient (Wildman–Crippen LogP) is 1.76. The van der Waals surface area contributed by atoms with E-state index in [-0.39, 0.29) is 5.54 Å². The summed E-state index contributed by atoms with van der Waals surface area (Å²) in [6.45, 7) is 4.20. The highest BCUT2D eigenvalue weighted by Gasteiger charge is 2.40. The lowest BCUT2D eigenvalue weighted by molar-refractivity contribution is 0.511. The zero-order valence-electron chi connectivity index (χ0n) is 6.72. The van der Waals surface area contributed by atoms with Gasteiger partial charge in [0.15, 0.2) is 4.77 Å². The van der Waals surface area contributed by atoms with E-state index in [1.165, 1.54) is 12.8 Å². The third kappa shape index (κ3) is 0.929. The molecule has 1 aliphatic rings. The van der Waals surface area contributed by atoms with Crippen LogP contribution in [-0.2, 0) is 5.54 Å². The van der Waals surface area contributed by atoms with Gasteiger partial charge in [-0.05, 0) is 38.9 Å². The van der Waals surface area contributed by atoms with Crippen molar-refractivity contribution in [2.45, 2.75) is 32.2 Å². The first-order valence-corrected chi connectivity index (χ1v) is 4.19. The molecule has 0 atom stereocenters. The molecule has 0 unspecified atom stereocenters. The van der Waals surface area contributed by atoms with Crippen LogP contribution in [0.3, 0.4) is 0 Å². The largest absolute Gasteiger partial charge is 0.298 e. The second-order valence-electron chi connectivity index (χ2n) is 3.41. The molecule has 1 aromatic rings. The number of nitrogens with zero attached hydrogens (tertiary/aromatic N) is 2. The molecule has 0 bridgehead atoms. The van der Waals surface area contributed by atoms with Gasteiger partial charge in [-0.15, -0.1) is 0 Å². The summed E-state index contributed by atoms with van der Waals surface area (Å²) >= 11 is 5.11. The number of aromatic nitrogens is 3. The maximum atomic E-state index is 5.11. The zero-order valence-corrected chi connectivity index (χ0v) is 7.53. The van der Waals surface area contributed by atoms with Crippen LogP contribution in [-0.4, -0.2) is 14.8 Å². The van der Waals surface area contributed by atoms with E-state index in [1.807, 2.05) is 6.92 Å². The Morgan fingerprint density at radius 1 is 1.64 bits per heavy atom. The molecule has 1 fully saturated rings. The Hall–Kier alpha value is -0.640. The van der Waals surface area contributed by atoms with E-state index in [0.717, 1.165) is 10.6 Å². The highest BCUT2D eigenvalue weighted by atomic mass is 32.1. The van der Waals surface area contributed by atoms with Crippen LogP contribution in [0, 0.1) is 11.7 Å². The van der Waals surface area contributed by atoms with E-state index in [9.17, 15) is 0 Å². The van der Waals surface area contributed by atoms with Gasteiger partial charge in [0.25, 0.3) is 0 Å². The van der Waals surface area contributed by atoms with Crippen molar-refractivity contribution in [1.29, 1.82) is 0 Å². The Bertz CT molecular complexity index is 332. The van der Waals surface area contributed by atoms with Gasteiger partial charge in [0.1, 0.15) is 5.82 Å². The Balaban J connectivity index is 2.59. The van der Waals surface area contributed by atoms with Gasteiger partial charge in [0.2, 0.25) is 0 Å². The molecule has 3 nitrogen and oxygen atoms in total. The summed E-state index contributed by atoms with van der Waals surface area (Å²) in [6, 6.07) is 0. The fourth-order valence-corrected chi connectivity index (χ4v) is 1.81. The second-order valence-corrected chi connectivity index (χ2v) is 3.80. The first-order chi connectivity index (χ1) is 5.13. The quantitative estimate of drug-likeness (QED) is 0.650. The van der Waals surface area contributed by atoms with E-state index in [1.54, 1.807) is 0 Å². The lowest BCUT2D eigenvalue weighted by Crippen LogP contribution is -2.13. The molecule has 1 heterocycles. The second kappa shape index (κ2) is 1.94. The third-order valence-electron chi connectivity index (χ3n) is 2.35. The van der Waals surface area contributed by atoms with Gasteiger partial charge in [0, 0.05) is 5.54 Å². The Morgan fingerprint density at radius 3 is 2.64 bits per heavy atom. The van der Waals surface area contributed by atoms with Gasteiger partial charge in [-0.2, -0.15) is 5.10 Å². The fourth-order valence-electron chi connectivity index (χ4n) is 1.42. The van der Waals surface area contributed by atoms with Crippen LogP contribution in [0.25, 0.3) is 0 Å². The minimum Gasteiger partial charge on any atom is -0.298 e. The molecule has 1 aliphatic carbocycles. The topological polar surface area (TPSA) is 33.6 Å². The molecule has 0 amide bonds. The van der Waals surface area contributed by atoms with Crippen LogP contribution < -0.4 is 0 Å². The van der Waals surface area contributed by atoms with Crippen molar-refractivity contribution in [3.05, 3.63) is 10.6 Å². The van der Waals surface area contributed by atoms with E-state index in [0.29, 0.717) is 0 Å². The summed E-state index contributed by atoms with van der Waals surface area (Å²) < 4.78 is 2.87. The number of rotatable bonds is 1. The first-order valence-electron chi connectivity index (χ1n) is 3.78. The number of aryl methyl sites for hydroxylation is 1. The molecule has 1 aromatic heterocycles. The third-order valence-corrected chi connectivity index (χ3v) is 2.63. The lowest BCUT2D eigenvalue weighted by Gasteiger charge is -2.10. The van der Waals surface area contributed by atoms with Crippen LogP contribution in [0.4, 0.5) is 0 Å². The summed E-state index contributed by atoms with van der Waals surface area (Å²) in [5.41, 5.74) is 0.272. The van der Waals surface area contributed by atoms with E-state index >= 15 is 0 Å². The van der Waals surface area contributed by atoms with E-state index in [4.69, 9.17) is 12.2 Å². The average molecular weight is 169 g/mol. The van der Waals surface area contributed by atoms with Crippen molar-refractivity contribution in [3.8, 4) is 0 Å². The molecule has 0 aromatic carbocycles. The van der Waals surface area contributed by atoms with Crippen molar-refractivity contribution in [3.63, 3.8) is 0 Å². The van der Waals surface area contributed by atoms with Gasteiger partial charge >= 0.3 is 0 Å². The molecule has 0 spiro atoms. The van der Waals surface area contributed by atoms with Crippen LogP contribution in [0.2, 0.25) is 0 Å². The zero-order chi connectivity index (χ0) is 8.06. The molecular weight excluding hydrogens is 158 g/mol. The fraction of sp³-hybridized carbons (Fsp3) is 0.714. The Morgan fingerprint density at radius 2 is 2.27 bits per heavy atom. The van der Waals surface area contributed by atoms with Gasteiger partial charge in [0.05, 0.1) is 0 Å². The number of hydrogen-bond donors (Lipinski definition) is 1. The molecule has 4 heteroatoms. The predicted molar refractivity (Wildman–Crippen MR) is 45.0 cm³/mol. The average Bonchev–Trinajstić information content (AvgIpc) is 2.56. The number of aromatic amines is 1. The molecule has 1 saturated carbocycles. The monoisotopic (exact) mass is 169 g/mol. The Labute approximate surface area is 70.4 Å². The molecule has 60 valence electrons. The van der Waals surface area contributed by atoms with Crippen LogP contribution in [0.5, 0.6) is 0 Å². The molecule has 11 heavy (non-hydrogen) atoms. The first kappa shape index (κ1) is 7.03. The maximum absolute atomic E-state index is 5.11. The number of H-pyrrole nitrogens is 1. The lowest BCUT2D eigenvalue weighted by atomic mass is 10.3. The minimum atomic E-state index is 0.272. The summed E-state index contributed by atoms with van der Waals surface area (Å²) in [7, 11) is 0. The van der Waals surface area contributed by atoms with Gasteiger partial charge < -0.3 is 0 Å². The normalized spacial score (nSPS) is 20.2. The smallest absolute Gasteiger partial charge is 0.195 e. The van der Waals surface area contributed by atoms with Crippen LogP contribution in [0.15, 0.2) is 0 Å². The molecule has 1 N–H and O–H groups in total. The molecule has 2 rings (SSSR count). The maximum Gasteiger partial charge on any atom is 0.195 e. The summed E-state index contributed by atoms with van der Waals surface area (Å²) in [5.74, 6) is 0.995. The Kier molecular flexibility index (Phi) is 1.24. The van der Waals surface area contributed by atoms with Crippen molar-refractivity contribution in [1.82, 2.24) is 14.8 Å². The van der Waals surface area contributed by atoms with E-state index in [2.05, 4.69) is 21.7 Å². The number of hydrogen-bond acceptors (Lipinski definition) is 2. The molecular formula is C7H11N3S. The summed E-state index contributed by atoms with van der Waals surface area (Å²) in [5, 5.41) is 6.87. The van der Waals surface area contributed by atoms with Gasteiger partial charge in [-0.1, -0.05) is 0 Å². The highest BCUT2D eigenvalue weighted by Crippen LogP contribution is 2.43. The molecule has 0 aliphatic heterocycles. The molecule has 0 radical (unpaired) electrons. The van der Waals surface area contributed by atoms with Crippen molar-refractivity contribution < 1.29 is 0 Å². The number of nitrogens with one attached hydrogen (secondary N) is 1. The van der Waals surface area contributed by atoms with Gasteiger partial charge in [-0.3, -0.25) is 9.67 Å². The van der Waals surface area contributed by atoms with E-state index < -0.39 is 0 Å². The van der Waals surface area contributed by atoms with Crippen LogP contribution in [0.1, 0.15) is 25.6 Å². The SMILES string of the molecule is Cc1n[nH]c(=S)n1C1(C)CC1. The highest BCUT2D eigenvalue weighted by molar-refractivity contribution is 7.71. The summed E-state index contributed by atoms with van der Waals surface area (Å²) in [4.78, 5) is 0. The van der Waals surface area contributed by atoms with Gasteiger partial charge in [-0.25, -0.2) is 0 Å². The van der Waals surface area contributed by atoms with Crippen molar-refractivity contribution >= 4 is 12.2 Å². The van der Waals surface area contributed by atoms with Crippen LogP contribution >= 0.6 is 12.2 Å². The minimum absolute atomic E-state index is 0.272.